The topological polar surface area (TPSA) is 124 Å². The lowest BCUT2D eigenvalue weighted by Crippen LogP contribution is -2.56. The molecule has 2 aromatic heterocycles. The van der Waals surface area contributed by atoms with Crippen LogP contribution in [0.4, 0.5) is 5.82 Å². The molecule has 1 atom stereocenters. The summed E-state index contributed by atoms with van der Waals surface area (Å²) in [4.78, 5) is 42.4. The van der Waals surface area contributed by atoms with Gasteiger partial charge in [-0.3, -0.25) is 19.1 Å². The fraction of sp³-hybridized carbons (Fsp3) is 0.400. The van der Waals surface area contributed by atoms with E-state index in [1.165, 1.54) is 0 Å². The maximum Gasteiger partial charge on any atom is 0.320 e. The molecule has 1 saturated heterocycles. The van der Waals surface area contributed by atoms with Crippen molar-refractivity contribution in [3.63, 3.8) is 0 Å². The normalized spacial score (nSPS) is 17.0. The van der Waals surface area contributed by atoms with Crippen molar-refractivity contribution in [2.45, 2.75) is 25.9 Å². The van der Waals surface area contributed by atoms with Crippen LogP contribution in [0, 0.1) is 0 Å². The number of nitrogens with zero attached hydrogens (tertiary/aromatic N) is 6. The highest BCUT2D eigenvalue weighted by molar-refractivity contribution is 5.77. The largest absolute Gasteiger partial charge is 0.465 e. The Balaban J connectivity index is 1.28. The van der Waals surface area contributed by atoms with Crippen molar-refractivity contribution in [3.8, 4) is 17.4 Å². The quantitative estimate of drug-likeness (QED) is 0.422. The predicted octanol–water partition coefficient (Wildman–Crippen LogP) is 1.15. The standard InChI is InChI=1S/C25H29N7O5/c1-2-35-24(34)15-30-9-10-32(22-5-6-27-25(29-22)31-8-7-26-16-31)19(14-30)12-23(33)28-13-18-3-4-20-21(11-18)37-17-36-20/h3-8,11,16,19H,2,9-10,12-15,17H2,1H3,(H,28,33). The van der Waals surface area contributed by atoms with Crippen LogP contribution in [0.3, 0.4) is 0 Å². The van der Waals surface area contributed by atoms with Gasteiger partial charge in [-0.25, -0.2) is 9.97 Å². The number of carbonyl (C=O) groups is 2. The van der Waals surface area contributed by atoms with E-state index in [2.05, 4.69) is 20.2 Å². The molecule has 3 aromatic rings. The van der Waals surface area contributed by atoms with Gasteiger partial charge in [-0.2, -0.15) is 4.98 Å². The molecule has 0 saturated carbocycles. The number of fused-ring (bicyclic) bond motifs is 1. The first-order chi connectivity index (χ1) is 18.1. The third-order valence-corrected chi connectivity index (χ3v) is 6.23. The van der Waals surface area contributed by atoms with Crippen molar-refractivity contribution in [3.05, 3.63) is 54.7 Å². The van der Waals surface area contributed by atoms with Gasteiger partial charge in [0.15, 0.2) is 11.5 Å². The average Bonchev–Trinajstić information content (AvgIpc) is 3.60. The summed E-state index contributed by atoms with van der Waals surface area (Å²) in [7, 11) is 0. The molecule has 1 aromatic carbocycles. The predicted molar refractivity (Wildman–Crippen MR) is 132 cm³/mol. The molecule has 2 aliphatic rings. The first kappa shape index (κ1) is 24.5. The fourth-order valence-corrected chi connectivity index (χ4v) is 4.47. The molecule has 0 radical (unpaired) electrons. The van der Waals surface area contributed by atoms with Gasteiger partial charge in [0.25, 0.3) is 0 Å². The fourth-order valence-electron chi connectivity index (χ4n) is 4.47. The molecule has 194 valence electrons. The lowest BCUT2D eigenvalue weighted by molar-refractivity contribution is -0.144. The van der Waals surface area contributed by atoms with Gasteiger partial charge in [-0.05, 0) is 30.7 Å². The van der Waals surface area contributed by atoms with Crippen LogP contribution >= 0.6 is 0 Å². The van der Waals surface area contributed by atoms with Crippen molar-refractivity contribution in [1.29, 1.82) is 0 Å². The molecule has 2 aliphatic heterocycles. The number of carbonyl (C=O) groups excluding carboxylic acids is 2. The number of hydrogen-bond donors (Lipinski definition) is 1. The molecule has 1 fully saturated rings. The number of rotatable bonds is 9. The third-order valence-electron chi connectivity index (χ3n) is 6.23. The molecule has 1 unspecified atom stereocenters. The van der Waals surface area contributed by atoms with Crippen LogP contribution in [0.5, 0.6) is 11.5 Å². The van der Waals surface area contributed by atoms with E-state index in [9.17, 15) is 9.59 Å². The highest BCUT2D eigenvalue weighted by Gasteiger charge is 2.31. The molecule has 4 heterocycles. The summed E-state index contributed by atoms with van der Waals surface area (Å²) < 4.78 is 17.6. The number of benzene rings is 1. The van der Waals surface area contributed by atoms with Crippen molar-refractivity contribution < 1.29 is 23.8 Å². The van der Waals surface area contributed by atoms with Crippen LogP contribution in [-0.4, -0.2) is 81.9 Å². The number of aromatic nitrogens is 4. The Hall–Kier alpha value is -4.19. The smallest absolute Gasteiger partial charge is 0.320 e. The second-order valence-corrected chi connectivity index (χ2v) is 8.74. The minimum Gasteiger partial charge on any atom is -0.465 e. The number of hydrogen-bond acceptors (Lipinski definition) is 10. The molecule has 12 heteroatoms. The minimum atomic E-state index is -0.272. The molecule has 0 bridgehead atoms. The molecule has 1 amide bonds. The van der Waals surface area contributed by atoms with E-state index < -0.39 is 0 Å². The van der Waals surface area contributed by atoms with Gasteiger partial charge in [-0.1, -0.05) is 6.07 Å². The van der Waals surface area contributed by atoms with Gasteiger partial charge < -0.3 is 24.4 Å². The van der Waals surface area contributed by atoms with Gasteiger partial charge in [0, 0.05) is 51.2 Å². The molecule has 12 nitrogen and oxygen atoms in total. The van der Waals surface area contributed by atoms with Crippen LogP contribution in [-0.2, 0) is 20.9 Å². The summed E-state index contributed by atoms with van der Waals surface area (Å²) in [6.45, 7) is 4.63. The van der Waals surface area contributed by atoms with E-state index >= 15 is 0 Å². The Kier molecular flexibility index (Phi) is 7.45. The monoisotopic (exact) mass is 507 g/mol. The Bertz CT molecular complexity index is 1240. The van der Waals surface area contributed by atoms with Crippen LogP contribution in [0.25, 0.3) is 5.95 Å². The number of esters is 1. The Morgan fingerprint density at radius 1 is 1.16 bits per heavy atom. The maximum absolute atomic E-state index is 13.0. The maximum atomic E-state index is 13.0. The summed E-state index contributed by atoms with van der Waals surface area (Å²) >= 11 is 0. The van der Waals surface area contributed by atoms with E-state index in [0.717, 1.165) is 5.56 Å². The molecule has 37 heavy (non-hydrogen) atoms. The molecule has 0 aliphatic carbocycles. The summed E-state index contributed by atoms with van der Waals surface area (Å²) in [5.41, 5.74) is 0.919. The highest BCUT2D eigenvalue weighted by Crippen LogP contribution is 2.32. The van der Waals surface area contributed by atoms with E-state index in [-0.39, 0.29) is 37.7 Å². The zero-order valence-electron chi connectivity index (χ0n) is 20.6. The molecular formula is C25H29N7O5. The second kappa shape index (κ2) is 11.2. The van der Waals surface area contributed by atoms with Crippen LogP contribution in [0.15, 0.2) is 49.2 Å². The number of piperazine rings is 1. The lowest BCUT2D eigenvalue weighted by Gasteiger charge is -2.41. The Morgan fingerprint density at radius 3 is 2.89 bits per heavy atom. The minimum absolute atomic E-state index is 0.102. The van der Waals surface area contributed by atoms with E-state index in [4.69, 9.17) is 19.2 Å². The lowest BCUT2D eigenvalue weighted by atomic mass is 10.1. The number of nitrogens with one attached hydrogen (secondary N) is 1. The van der Waals surface area contributed by atoms with Crippen LogP contribution in [0.1, 0.15) is 18.9 Å². The van der Waals surface area contributed by atoms with Gasteiger partial charge in [0.05, 0.1) is 19.2 Å². The van der Waals surface area contributed by atoms with E-state index in [1.54, 1.807) is 36.4 Å². The zero-order valence-corrected chi connectivity index (χ0v) is 20.6. The Morgan fingerprint density at radius 2 is 2.05 bits per heavy atom. The van der Waals surface area contributed by atoms with E-state index in [1.807, 2.05) is 29.2 Å². The SMILES string of the molecule is CCOC(=O)CN1CCN(c2ccnc(-n3ccnc3)n2)C(CC(=O)NCc2ccc3c(c2)OCO3)C1. The molecule has 0 spiro atoms. The number of amides is 1. The second-order valence-electron chi connectivity index (χ2n) is 8.74. The van der Waals surface area contributed by atoms with Gasteiger partial charge in [0.1, 0.15) is 12.1 Å². The van der Waals surface area contributed by atoms with Crippen LogP contribution < -0.4 is 19.7 Å². The Labute approximate surface area is 214 Å². The highest BCUT2D eigenvalue weighted by atomic mass is 16.7. The van der Waals surface area contributed by atoms with Crippen molar-refractivity contribution in [2.75, 3.05) is 44.5 Å². The summed E-state index contributed by atoms with van der Waals surface area (Å²) in [6, 6.07) is 7.24. The number of anilines is 1. The summed E-state index contributed by atoms with van der Waals surface area (Å²) in [5.74, 6) is 2.21. The van der Waals surface area contributed by atoms with Crippen LogP contribution in [0.2, 0.25) is 0 Å². The average molecular weight is 508 g/mol. The summed E-state index contributed by atoms with van der Waals surface area (Å²) in [6.07, 6.45) is 7.00. The van der Waals surface area contributed by atoms with Crippen molar-refractivity contribution >= 4 is 17.7 Å². The van der Waals surface area contributed by atoms with E-state index in [0.29, 0.717) is 56.1 Å². The first-order valence-corrected chi connectivity index (χ1v) is 12.2. The van der Waals surface area contributed by atoms with Gasteiger partial charge in [-0.15, -0.1) is 0 Å². The van der Waals surface area contributed by atoms with Gasteiger partial charge in [0.2, 0.25) is 18.6 Å². The molecular weight excluding hydrogens is 478 g/mol. The number of ether oxygens (including phenoxy) is 3. The zero-order chi connectivity index (χ0) is 25.6. The number of imidazole rings is 1. The third kappa shape index (κ3) is 5.97. The first-order valence-electron chi connectivity index (χ1n) is 12.2. The van der Waals surface area contributed by atoms with Crippen molar-refractivity contribution in [2.24, 2.45) is 0 Å². The molecule has 1 N–H and O–H groups in total. The summed E-state index contributed by atoms with van der Waals surface area (Å²) in [5, 5.41) is 3.00. The van der Waals surface area contributed by atoms with Crippen molar-refractivity contribution in [1.82, 2.24) is 29.7 Å². The molecule has 5 rings (SSSR count). The van der Waals surface area contributed by atoms with Gasteiger partial charge >= 0.3 is 5.97 Å².